The lowest BCUT2D eigenvalue weighted by atomic mass is 10.6. The molecule has 2 N–H and O–H groups in total. The number of rotatable bonds is 2. The molecule has 14 heavy (non-hydrogen) atoms. The summed E-state index contributed by atoms with van der Waals surface area (Å²) in [5, 5.41) is 10.8. The van der Waals surface area contributed by atoms with Crippen LogP contribution in [0.4, 0.5) is 5.82 Å². The fourth-order valence-electron chi connectivity index (χ4n) is 0.902. The van der Waals surface area contributed by atoms with Crippen molar-refractivity contribution in [2.45, 2.75) is 10.1 Å². The van der Waals surface area contributed by atoms with Gasteiger partial charge in [-0.3, -0.25) is 9.36 Å². The number of nitrogens with zero attached hydrogens (tertiary/aromatic N) is 3. The van der Waals surface area contributed by atoms with Crippen molar-refractivity contribution in [3.05, 3.63) is 10.4 Å². The molecule has 0 aliphatic carbocycles. The maximum Gasteiger partial charge on any atom is 0.270 e. The first-order valence-corrected chi connectivity index (χ1v) is 5.62. The molecule has 0 amide bonds. The Labute approximate surface area is 89.3 Å². The second-order valence-corrected chi connectivity index (χ2v) is 3.94. The van der Waals surface area contributed by atoms with Crippen LogP contribution in [-0.4, -0.2) is 15.8 Å². The first-order chi connectivity index (χ1) is 6.61. The van der Waals surface area contributed by atoms with Crippen molar-refractivity contribution in [2.75, 3.05) is 12.0 Å². The van der Waals surface area contributed by atoms with Gasteiger partial charge in [-0.05, 0) is 18.0 Å². The highest BCUT2D eigenvalue weighted by molar-refractivity contribution is 8.03. The molecule has 0 aromatic carbocycles. The Balaban J connectivity index is 3.43. The van der Waals surface area contributed by atoms with Crippen molar-refractivity contribution in [3.63, 3.8) is 0 Å². The number of hydrogen-bond donors (Lipinski definition) is 1. The van der Waals surface area contributed by atoms with Gasteiger partial charge in [0.15, 0.2) is 5.16 Å². The van der Waals surface area contributed by atoms with Crippen molar-refractivity contribution in [3.8, 4) is 5.40 Å². The minimum Gasteiger partial charge on any atom is -0.382 e. The van der Waals surface area contributed by atoms with E-state index in [1.807, 2.05) is 0 Å². The van der Waals surface area contributed by atoms with Crippen molar-refractivity contribution in [2.24, 2.45) is 7.05 Å². The van der Waals surface area contributed by atoms with E-state index in [1.165, 1.54) is 16.3 Å². The summed E-state index contributed by atoms with van der Waals surface area (Å²) in [7, 11) is 1.60. The van der Waals surface area contributed by atoms with Crippen LogP contribution in [0.5, 0.6) is 0 Å². The first-order valence-electron chi connectivity index (χ1n) is 3.58. The lowest BCUT2D eigenvalue weighted by Gasteiger charge is -2.07. The molecule has 74 valence electrons. The summed E-state index contributed by atoms with van der Waals surface area (Å²) in [5.74, 6) is 0.115. The van der Waals surface area contributed by atoms with E-state index < -0.39 is 0 Å². The number of nitriles is 1. The molecule has 1 rings (SSSR count). The number of anilines is 1. The second-order valence-electron chi connectivity index (χ2n) is 2.37. The number of hydrogen-bond acceptors (Lipinski definition) is 6. The average Bonchev–Trinajstić information content (AvgIpc) is 2.18. The van der Waals surface area contributed by atoms with Gasteiger partial charge in [0.05, 0.1) is 0 Å². The van der Waals surface area contributed by atoms with E-state index in [-0.39, 0.29) is 16.3 Å². The van der Waals surface area contributed by atoms with Crippen LogP contribution in [-0.2, 0) is 7.05 Å². The van der Waals surface area contributed by atoms with Crippen LogP contribution in [0.2, 0.25) is 0 Å². The van der Waals surface area contributed by atoms with E-state index in [4.69, 9.17) is 11.0 Å². The molecule has 1 aromatic heterocycles. The van der Waals surface area contributed by atoms with Gasteiger partial charge in [-0.25, -0.2) is 4.98 Å². The highest BCUT2D eigenvalue weighted by Gasteiger charge is 2.12. The van der Waals surface area contributed by atoms with Gasteiger partial charge in [0.2, 0.25) is 0 Å². The molecule has 0 aliphatic heterocycles. The molecule has 0 aliphatic rings. The Hall–Kier alpha value is -1.13. The predicted octanol–water partition coefficient (Wildman–Crippen LogP) is 0.658. The smallest absolute Gasteiger partial charge is 0.270 e. The summed E-state index contributed by atoms with van der Waals surface area (Å²) in [6, 6.07) is 0. The third-order valence-corrected chi connectivity index (χ3v) is 2.97. The molecular weight excluding hydrogens is 220 g/mol. The molecule has 0 saturated heterocycles. The molecule has 0 bridgehead atoms. The van der Waals surface area contributed by atoms with Gasteiger partial charge in [-0.1, -0.05) is 11.8 Å². The maximum absolute atomic E-state index is 11.6. The molecule has 1 aromatic rings. The Kier molecular flexibility index (Phi) is 3.43. The number of nitrogens with two attached hydrogens (primary N) is 1. The number of thiocyanates is 1. The summed E-state index contributed by atoms with van der Waals surface area (Å²) >= 11 is 2.07. The summed E-state index contributed by atoms with van der Waals surface area (Å²) in [5.41, 5.74) is 5.26. The maximum atomic E-state index is 11.6. The van der Waals surface area contributed by atoms with Gasteiger partial charge < -0.3 is 5.73 Å². The number of aromatic nitrogens is 2. The zero-order chi connectivity index (χ0) is 10.7. The average molecular weight is 228 g/mol. The van der Waals surface area contributed by atoms with Crippen molar-refractivity contribution in [1.82, 2.24) is 9.55 Å². The quantitative estimate of drug-likeness (QED) is 0.454. The molecule has 0 unspecified atom stereocenters. The standard InChI is InChI=1S/C7H8N4OS2/c1-11-6(12)4(14-3-8)5(9)10-7(11)13-2/h9H2,1-2H3. The van der Waals surface area contributed by atoms with Gasteiger partial charge in [0.25, 0.3) is 5.56 Å². The van der Waals surface area contributed by atoms with E-state index in [2.05, 4.69) is 4.98 Å². The van der Waals surface area contributed by atoms with Gasteiger partial charge >= 0.3 is 0 Å². The van der Waals surface area contributed by atoms with Gasteiger partial charge in [0.1, 0.15) is 16.1 Å². The monoisotopic (exact) mass is 228 g/mol. The highest BCUT2D eigenvalue weighted by Crippen LogP contribution is 2.20. The Morgan fingerprint density at radius 1 is 1.64 bits per heavy atom. The molecule has 0 radical (unpaired) electrons. The van der Waals surface area contributed by atoms with Crippen molar-refractivity contribution in [1.29, 1.82) is 5.26 Å². The van der Waals surface area contributed by atoms with Crippen LogP contribution in [0.25, 0.3) is 0 Å². The molecule has 1 heterocycles. The number of nitrogen functional groups attached to an aromatic ring is 1. The Morgan fingerprint density at radius 2 is 2.29 bits per heavy atom. The van der Waals surface area contributed by atoms with E-state index in [9.17, 15) is 4.79 Å². The predicted molar refractivity (Wildman–Crippen MR) is 57.1 cm³/mol. The Bertz CT molecular complexity index is 448. The molecular formula is C7H8N4OS2. The largest absolute Gasteiger partial charge is 0.382 e. The van der Waals surface area contributed by atoms with E-state index in [1.54, 1.807) is 18.7 Å². The topological polar surface area (TPSA) is 84.7 Å². The fourth-order valence-corrected chi connectivity index (χ4v) is 1.91. The van der Waals surface area contributed by atoms with Crippen LogP contribution in [0.3, 0.4) is 0 Å². The molecule has 0 spiro atoms. The van der Waals surface area contributed by atoms with Crippen molar-refractivity contribution < 1.29 is 0 Å². The van der Waals surface area contributed by atoms with Crippen LogP contribution in [0.1, 0.15) is 0 Å². The zero-order valence-corrected chi connectivity index (χ0v) is 9.28. The fraction of sp³-hybridized carbons (Fsp3) is 0.286. The van der Waals surface area contributed by atoms with Crippen LogP contribution in [0, 0.1) is 10.7 Å². The third-order valence-electron chi connectivity index (χ3n) is 1.56. The summed E-state index contributed by atoms with van der Waals surface area (Å²) < 4.78 is 1.38. The minimum absolute atomic E-state index is 0.115. The van der Waals surface area contributed by atoms with Crippen molar-refractivity contribution >= 4 is 29.3 Å². The van der Waals surface area contributed by atoms with E-state index in [0.29, 0.717) is 5.16 Å². The van der Waals surface area contributed by atoms with Gasteiger partial charge in [0, 0.05) is 7.05 Å². The SMILES string of the molecule is CSc1nc(N)c(SC#N)c(=O)n1C. The van der Waals surface area contributed by atoms with E-state index >= 15 is 0 Å². The van der Waals surface area contributed by atoms with Crippen LogP contribution >= 0.6 is 23.5 Å². The molecule has 7 heteroatoms. The second kappa shape index (κ2) is 4.39. The first kappa shape index (κ1) is 10.9. The molecule has 0 saturated carbocycles. The molecule has 0 fully saturated rings. The lowest BCUT2D eigenvalue weighted by molar-refractivity contribution is 0.692. The van der Waals surface area contributed by atoms with Crippen LogP contribution in [0.15, 0.2) is 14.8 Å². The molecule has 5 nitrogen and oxygen atoms in total. The third kappa shape index (κ3) is 1.86. The summed E-state index contributed by atoms with van der Waals surface area (Å²) in [4.78, 5) is 15.8. The normalized spacial score (nSPS) is 9.79. The van der Waals surface area contributed by atoms with Gasteiger partial charge in [-0.15, -0.1) is 0 Å². The van der Waals surface area contributed by atoms with Gasteiger partial charge in [-0.2, -0.15) is 5.26 Å². The van der Waals surface area contributed by atoms with Crippen LogP contribution < -0.4 is 11.3 Å². The Morgan fingerprint density at radius 3 is 2.79 bits per heavy atom. The highest BCUT2D eigenvalue weighted by atomic mass is 32.2. The summed E-state index contributed by atoms with van der Waals surface area (Å²) in [6.07, 6.45) is 1.80. The van der Waals surface area contributed by atoms with E-state index in [0.717, 1.165) is 11.8 Å². The zero-order valence-electron chi connectivity index (χ0n) is 7.64. The minimum atomic E-state index is -0.284. The number of thioether (sulfide) groups is 2. The summed E-state index contributed by atoms with van der Waals surface area (Å²) in [6.45, 7) is 0. The molecule has 0 atom stereocenters. The lowest BCUT2D eigenvalue weighted by Crippen LogP contribution is -2.22.